The van der Waals surface area contributed by atoms with Gasteiger partial charge in [0.05, 0.1) is 5.25 Å². The summed E-state index contributed by atoms with van der Waals surface area (Å²) in [4.78, 5) is 43.4. The number of halogens is 1. The van der Waals surface area contributed by atoms with Crippen molar-refractivity contribution in [2.75, 3.05) is 45.0 Å². The molecule has 10 nitrogen and oxygen atoms in total. The van der Waals surface area contributed by atoms with Gasteiger partial charge in [-0.15, -0.1) is 11.8 Å². The number of hydrogen-bond acceptors (Lipinski definition) is 7. The fourth-order valence-electron chi connectivity index (χ4n) is 4.40. The molecule has 1 heterocycles. The summed E-state index contributed by atoms with van der Waals surface area (Å²) >= 11 is 8.16. The summed E-state index contributed by atoms with van der Waals surface area (Å²) in [5, 5.41) is 32.4. The topological polar surface area (TPSA) is 156 Å². The zero-order valence-electron chi connectivity index (χ0n) is 25.7. The van der Waals surface area contributed by atoms with E-state index in [1.807, 2.05) is 23.9 Å². The molecule has 1 fully saturated rings. The summed E-state index contributed by atoms with van der Waals surface area (Å²) < 4.78 is 0. The second kappa shape index (κ2) is 22.2. The summed E-state index contributed by atoms with van der Waals surface area (Å²) in [6.07, 6.45) is 3.38. The van der Waals surface area contributed by atoms with Crippen molar-refractivity contribution in [1.29, 1.82) is 0 Å². The Kier molecular flexibility index (Phi) is 18.3. The number of hydrogen-bond donors (Lipinski definition) is 4. The fourth-order valence-corrected chi connectivity index (χ4v) is 5.83. The van der Waals surface area contributed by atoms with E-state index in [4.69, 9.17) is 32.0 Å². The smallest absolute Gasteiger partial charge is 0.328 e. The molecule has 1 aliphatic heterocycles. The Morgan fingerprint density at radius 1 is 0.617 bits per heavy atom. The first kappa shape index (κ1) is 38.8. The lowest BCUT2D eigenvalue weighted by Crippen LogP contribution is -2.47. The first-order valence-electron chi connectivity index (χ1n) is 14.7. The second-order valence-electron chi connectivity index (χ2n) is 10.2. The van der Waals surface area contributed by atoms with Crippen LogP contribution >= 0.6 is 23.4 Å². The van der Waals surface area contributed by atoms with E-state index < -0.39 is 23.9 Å². The highest BCUT2D eigenvalue weighted by Crippen LogP contribution is 2.36. The monoisotopic (exact) mass is 682 g/mol. The molecule has 1 atom stereocenters. The lowest BCUT2D eigenvalue weighted by atomic mass is 10.0. The van der Waals surface area contributed by atoms with Crippen LogP contribution in [0, 0.1) is 0 Å². The summed E-state index contributed by atoms with van der Waals surface area (Å²) in [7, 11) is 0. The largest absolute Gasteiger partial charge is 0.478 e. The molecule has 0 radical (unpaired) electrons. The maximum absolute atomic E-state index is 9.55. The maximum atomic E-state index is 9.55. The van der Waals surface area contributed by atoms with Crippen LogP contribution in [0.5, 0.6) is 0 Å². The van der Waals surface area contributed by atoms with Crippen molar-refractivity contribution in [3.63, 3.8) is 0 Å². The van der Waals surface area contributed by atoms with Crippen LogP contribution in [0.25, 0.3) is 0 Å². The van der Waals surface area contributed by atoms with Crippen molar-refractivity contribution in [2.45, 2.75) is 11.7 Å². The average Bonchev–Trinajstić information content (AvgIpc) is 3.06. The van der Waals surface area contributed by atoms with E-state index in [9.17, 15) is 19.2 Å². The highest BCUT2D eigenvalue weighted by Gasteiger charge is 2.19. The van der Waals surface area contributed by atoms with Gasteiger partial charge >= 0.3 is 23.9 Å². The minimum Gasteiger partial charge on any atom is -0.478 e. The Balaban J connectivity index is 0.000000397. The van der Waals surface area contributed by atoms with E-state index in [2.05, 4.69) is 82.6 Å². The summed E-state index contributed by atoms with van der Waals surface area (Å²) in [6, 6.07) is 30.0. The normalized spacial score (nSPS) is 14.0. The van der Waals surface area contributed by atoms with E-state index in [-0.39, 0.29) is 0 Å². The molecule has 4 rings (SSSR count). The maximum Gasteiger partial charge on any atom is 0.328 e. The van der Waals surface area contributed by atoms with E-state index >= 15 is 0 Å². The average molecular weight is 683 g/mol. The zero-order valence-corrected chi connectivity index (χ0v) is 27.3. The standard InChI is InChI=1S/C27H31ClN2S.2C4H4O4/c28-26-13-11-25(12-14-26)27(24-9-5-2-6-10-24)31-22-21-30-19-17-29(18-20-30)16-15-23-7-3-1-4-8-23;2*5-3(6)1-2-4(7)8/h1-14,27H,15-22H2;2*1-2H,(H,5,6)(H,7,8)/b;2*2-1-. The molecule has 3 aromatic rings. The van der Waals surface area contributed by atoms with Crippen LogP contribution < -0.4 is 0 Å². The highest BCUT2D eigenvalue weighted by molar-refractivity contribution is 7.99. The van der Waals surface area contributed by atoms with E-state index in [1.54, 1.807) is 0 Å². The van der Waals surface area contributed by atoms with Gasteiger partial charge in [0, 0.05) is 74.3 Å². The van der Waals surface area contributed by atoms with Gasteiger partial charge in [-0.2, -0.15) is 0 Å². The van der Waals surface area contributed by atoms with Crippen LogP contribution in [0.3, 0.4) is 0 Å². The molecule has 12 heteroatoms. The van der Waals surface area contributed by atoms with Gasteiger partial charge in [-0.05, 0) is 35.2 Å². The van der Waals surface area contributed by atoms with Crippen molar-refractivity contribution < 1.29 is 39.6 Å². The molecule has 0 spiro atoms. The van der Waals surface area contributed by atoms with Crippen molar-refractivity contribution in [2.24, 2.45) is 0 Å². The number of carboxylic acid groups (broad SMARTS) is 4. The minimum atomic E-state index is -1.26. The van der Waals surface area contributed by atoms with Crippen molar-refractivity contribution in [3.8, 4) is 0 Å². The number of carboxylic acids is 4. The Morgan fingerprint density at radius 2 is 1.02 bits per heavy atom. The molecule has 47 heavy (non-hydrogen) atoms. The predicted octanol–water partition coefficient (Wildman–Crippen LogP) is 5.45. The van der Waals surface area contributed by atoms with Crippen LogP contribution in [-0.4, -0.2) is 99.1 Å². The number of benzene rings is 3. The third-order valence-corrected chi connectivity index (χ3v) is 8.28. The van der Waals surface area contributed by atoms with Gasteiger partial charge in [0.2, 0.25) is 0 Å². The number of nitrogens with zero attached hydrogens (tertiary/aromatic N) is 2. The third-order valence-electron chi connectivity index (χ3n) is 6.73. The van der Waals surface area contributed by atoms with Crippen molar-refractivity contribution in [1.82, 2.24) is 9.80 Å². The molecule has 0 aromatic heterocycles. The zero-order chi connectivity index (χ0) is 34.4. The molecule has 0 aliphatic carbocycles. The number of thioether (sulfide) groups is 1. The van der Waals surface area contributed by atoms with Gasteiger partial charge in [-0.1, -0.05) is 84.4 Å². The second-order valence-corrected chi connectivity index (χ2v) is 11.8. The first-order valence-corrected chi connectivity index (χ1v) is 16.1. The molecule has 250 valence electrons. The van der Waals surface area contributed by atoms with Crippen LogP contribution in [0.15, 0.2) is 109 Å². The Hall–Kier alpha value is -4.42. The van der Waals surface area contributed by atoms with E-state index in [0.29, 0.717) is 29.6 Å². The van der Waals surface area contributed by atoms with Crippen LogP contribution in [0.4, 0.5) is 0 Å². The van der Waals surface area contributed by atoms with E-state index in [1.165, 1.54) is 49.4 Å². The molecule has 0 bridgehead atoms. The van der Waals surface area contributed by atoms with E-state index in [0.717, 1.165) is 23.7 Å². The number of carbonyl (C=O) groups is 4. The quantitative estimate of drug-likeness (QED) is 0.170. The fraction of sp³-hybridized carbons (Fsp3) is 0.257. The molecule has 1 unspecified atom stereocenters. The molecule has 1 saturated heterocycles. The Morgan fingerprint density at radius 3 is 1.47 bits per heavy atom. The molecular weight excluding hydrogens is 644 g/mol. The lowest BCUT2D eigenvalue weighted by Gasteiger charge is -2.35. The first-order chi connectivity index (χ1) is 22.5. The van der Waals surface area contributed by atoms with Crippen molar-refractivity contribution in [3.05, 3.63) is 131 Å². The summed E-state index contributed by atoms with van der Waals surface area (Å²) in [5.74, 6) is -3.90. The number of aliphatic carboxylic acids is 4. The molecule has 1 aliphatic rings. The lowest BCUT2D eigenvalue weighted by molar-refractivity contribution is -0.134. The van der Waals surface area contributed by atoms with Crippen molar-refractivity contribution >= 4 is 47.2 Å². The highest BCUT2D eigenvalue weighted by atomic mass is 35.5. The number of piperazine rings is 1. The van der Waals surface area contributed by atoms with Gasteiger partial charge in [-0.3, -0.25) is 4.90 Å². The molecule has 4 N–H and O–H groups in total. The van der Waals surface area contributed by atoms with Gasteiger partial charge < -0.3 is 25.3 Å². The molecule has 0 saturated carbocycles. The SMILES string of the molecule is Clc1ccc(C(SCCN2CCN(CCc3ccccc3)CC2)c2ccccc2)cc1.O=C(O)/C=C\C(=O)O.O=C(O)/C=C\C(=O)O. The summed E-state index contributed by atoms with van der Waals surface area (Å²) in [5.41, 5.74) is 4.13. The Labute approximate surface area is 283 Å². The van der Waals surface area contributed by atoms with Crippen LogP contribution in [-0.2, 0) is 25.6 Å². The molecule has 0 amide bonds. The molecule has 3 aromatic carbocycles. The van der Waals surface area contributed by atoms with Crippen LogP contribution in [0.1, 0.15) is 21.9 Å². The predicted molar refractivity (Wildman–Crippen MR) is 184 cm³/mol. The van der Waals surface area contributed by atoms with Crippen LogP contribution in [0.2, 0.25) is 5.02 Å². The van der Waals surface area contributed by atoms with Gasteiger partial charge in [-0.25, -0.2) is 19.2 Å². The minimum absolute atomic E-state index is 0.352. The molecular formula is C35H39ClN2O8S. The third kappa shape index (κ3) is 17.7. The van der Waals surface area contributed by atoms with Gasteiger partial charge in [0.1, 0.15) is 0 Å². The summed E-state index contributed by atoms with van der Waals surface area (Å²) in [6.45, 7) is 7.01. The number of rotatable bonds is 13. The Bertz CT molecular complexity index is 1380. The van der Waals surface area contributed by atoms with Gasteiger partial charge in [0.25, 0.3) is 0 Å². The van der Waals surface area contributed by atoms with Gasteiger partial charge in [0.15, 0.2) is 0 Å².